The molecule has 5 nitrogen and oxygen atoms in total. The zero-order chi connectivity index (χ0) is 15.6. The van der Waals surface area contributed by atoms with Gasteiger partial charge in [0.2, 0.25) is 11.8 Å². The van der Waals surface area contributed by atoms with E-state index in [2.05, 4.69) is 0 Å². The molecule has 0 aromatic carbocycles. The molecule has 3 fully saturated rings. The molecule has 2 amide bonds. The van der Waals surface area contributed by atoms with Crippen LogP contribution in [0.2, 0.25) is 0 Å². The molecular formula is C17H28N2O3. The predicted molar refractivity (Wildman–Crippen MR) is 83.4 cm³/mol. The van der Waals surface area contributed by atoms with Crippen molar-refractivity contribution < 1.29 is 14.3 Å². The Balaban J connectivity index is 1.69. The van der Waals surface area contributed by atoms with Gasteiger partial charge in [0.1, 0.15) is 6.04 Å². The lowest BCUT2D eigenvalue weighted by atomic mass is 9.96. The smallest absolute Gasteiger partial charge is 0.245 e. The predicted octanol–water partition coefficient (Wildman–Crippen LogP) is 1.95. The van der Waals surface area contributed by atoms with Crippen molar-refractivity contribution in [3.05, 3.63) is 0 Å². The summed E-state index contributed by atoms with van der Waals surface area (Å²) in [5.74, 6) is 0.262. The third kappa shape index (κ3) is 3.00. The number of morpholine rings is 1. The number of nitrogens with zero attached hydrogens (tertiary/aromatic N) is 2. The number of piperidine rings is 1. The minimum atomic E-state index is -0.238. The van der Waals surface area contributed by atoms with Crippen LogP contribution in [-0.4, -0.2) is 59.5 Å². The SMILES string of the molecule is CCC(=O)N1CCCCC1C(=O)N1CCOC2(CCCC2)C1. The summed E-state index contributed by atoms with van der Waals surface area (Å²) in [4.78, 5) is 28.9. The molecule has 1 aliphatic carbocycles. The number of amides is 2. The maximum absolute atomic E-state index is 13.0. The summed E-state index contributed by atoms with van der Waals surface area (Å²) in [5.41, 5.74) is -0.0951. The van der Waals surface area contributed by atoms with E-state index in [4.69, 9.17) is 4.74 Å². The molecule has 124 valence electrons. The van der Waals surface area contributed by atoms with Gasteiger partial charge in [0.25, 0.3) is 0 Å². The van der Waals surface area contributed by atoms with Crippen molar-refractivity contribution in [1.29, 1.82) is 0 Å². The number of rotatable bonds is 2. The lowest BCUT2D eigenvalue weighted by Crippen LogP contribution is -2.58. The number of likely N-dealkylation sites (tertiary alicyclic amines) is 1. The molecule has 2 saturated heterocycles. The number of hydrogen-bond donors (Lipinski definition) is 0. The van der Waals surface area contributed by atoms with Crippen molar-refractivity contribution in [1.82, 2.24) is 9.80 Å². The summed E-state index contributed by atoms with van der Waals surface area (Å²) >= 11 is 0. The molecule has 1 atom stereocenters. The molecule has 1 saturated carbocycles. The van der Waals surface area contributed by atoms with E-state index in [1.54, 1.807) is 0 Å². The van der Waals surface area contributed by atoms with Crippen LogP contribution in [0.3, 0.4) is 0 Å². The lowest BCUT2D eigenvalue weighted by Gasteiger charge is -2.44. The first-order valence-corrected chi connectivity index (χ1v) is 8.87. The summed E-state index contributed by atoms with van der Waals surface area (Å²) in [6.07, 6.45) is 7.89. The van der Waals surface area contributed by atoms with Crippen molar-refractivity contribution >= 4 is 11.8 Å². The van der Waals surface area contributed by atoms with Gasteiger partial charge in [0.15, 0.2) is 0 Å². The Labute approximate surface area is 133 Å². The summed E-state index contributed by atoms with van der Waals surface area (Å²) < 4.78 is 6.02. The molecule has 2 aliphatic heterocycles. The quantitative estimate of drug-likeness (QED) is 0.783. The van der Waals surface area contributed by atoms with E-state index < -0.39 is 0 Å². The minimum absolute atomic E-state index is 0.0951. The van der Waals surface area contributed by atoms with Crippen molar-refractivity contribution in [3.63, 3.8) is 0 Å². The number of carbonyl (C=O) groups is 2. The van der Waals surface area contributed by atoms with Crippen LogP contribution in [0.5, 0.6) is 0 Å². The Hall–Kier alpha value is -1.10. The molecule has 0 aromatic rings. The molecule has 0 N–H and O–H groups in total. The molecule has 0 aromatic heterocycles. The normalized spacial score (nSPS) is 28.1. The molecule has 3 rings (SSSR count). The highest BCUT2D eigenvalue weighted by Gasteiger charge is 2.43. The molecule has 5 heteroatoms. The van der Waals surface area contributed by atoms with E-state index in [1.165, 1.54) is 12.8 Å². The van der Waals surface area contributed by atoms with Gasteiger partial charge < -0.3 is 14.5 Å². The first kappa shape index (κ1) is 15.8. The van der Waals surface area contributed by atoms with Gasteiger partial charge in [-0.2, -0.15) is 0 Å². The summed E-state index contributed by atoms with van der Waals surface area (Å²) in [6, 6.07) is -0.238. The van der Waals surface area contributed by atoms with E-state index in [0.717, 1.165) is 45.2 Å². The molecule has 1 unspecified atom stereocenters. The zero-order valence-corrected chi connectivity index (χ0v) is 13.7. The van der Waals surface area contributed by atoms with Crippen molar-refractivity contribution in [3.8, 4) is 0 Å². The fraction of sp³-hybridized carbons (Fsp3) is 0.882. The van der Waals surface area contributed by atoms with Crippen molar-refractivity contribution in [2.24, 2.45) is 0 Å². The van der Waals surface area contributed by atoms with E-state index in [1.807, 2.05) is 16.7 Å². The Bertz CT molecular complexity index is 432. The first-order chi connectivity index (χ1) is 10.7. The summed E-state index contributed by atoms with van der Waals surface area (Å²) in [5, 5.41) is 0. The molecule has 0 radical (unpaired) electrons. The van der Waals surface area contributed by atoms with Gasteiger partial charge in [-0.15, -0.1) is 0 Å². The molecule has 0 bridgehead atoms. The van der Waals surface area contributed by atoms with Gasteiger partial charge in [-0.05, 0) is 32.1 Å². The second kappa shape index (κ2) is 6.57. The van der Waals surface area contributed by atoms with Crippen LogP contribution in [0.15, 0.2) is 0 Å². The van der Waals surface area contributed by atoms with Crippen molar-refractivity contribution in [2.75, 3.05) is 26.2 Å². The second-order valence-electron chi connectivity index (χ2n) is 6.95. The Morgan fingerprint density at radius 1 is 1.14 bits per heavy atom. The Morgan fingerprint density at radius 2 is 1.91 bits per heavy atom. The molecule has 3 aliphatic rings. The lowest BCUT2D eigenvalue weighted by molar-refractivity contribution is -0.159. The van der Waals surface area contributed by atoms with Crippen LogP contribution in [0.1, 0.15) is 58.3 Å². The number of hydrogen-bond acceptors (Lipinski definition) is 3. The van der Waals surface area contributed by atoms with E-state index in [-0.39, 0.29) is 23.5 Å². The van der Waals surface area contributed by atoms with Gasteiger partial charge in [-0.25, -0.2) is 0 Å². The van der Waals surface area contributed by atoms with Gasteiger partial charge in [0.05, 0.1) is 12.2 Å². The number of carbonyl (C=O) groups excluding carboxylic acids is 2. The first-order valence-electron chi connectivity index (χ1n) is 8.87. The maximum Gasteiger partial charge on any atom is 0.245 e. The molecule has 2 heterocycles. The highest BCUT2D eigenvalue weighted by atomic mass is 16.5. The largest absolute Gasteiger partial charge is 0.371 e. The molecular weight excluding hydrogens is 280 g/mol. The van der Waals surface area contributed by atoms with E-state index >= 15 is 0 Å². The Morgan fingerprint density at radius 3 is 2.64 bits per heavy atom. The average molecular weight is 308 g/mol. The van der Waals surface area contributed by atoms with Gasteiger partial charge in [0, 0.05) is 26.1 Å². The topological polar surface area (TPSA) is 49.9 Å². The summed E-state index contributed by atoms with van der Waals surface area (Å²) in [6.45, 7) is 4.64. The third-order valence-electron chi connectivity index (χ3n) is 5.49. The van der Waals surface area contributed by atoms with Crippen LogP contribution in [0.25, 0.3) is 0 Å². The van der Waals surface area contributed by atoms with Crippen LogP contribution < -0.4 is 0 Å². The van der Waals surface area contributed by atoms with E-state index in [0.29, 0.717) is 19.6 Å². The zero-order valence-electron chi connectivity index (χ0n) is 13.7. The van der Waals surface area contributed by atoms with Gasteiger partial charge >= 0.3 is 0 Å². The molecule has 22 heavy (non-hydrogen) atoms. The number of ether oxygens (including phenoxy) is 1. The average Bonchev–Trinajstić information content (AvgIpc) is 3.01. The second-order valence-corrected chi connectivity index (χ2v) is 6.95. The fourth-order valence-electron chi connectivity index (χ4n) is 4.26. The van der Waals surface area contributed by atoms with Crippen LogP contribution in [-0.2, 0) is 14.3 Å². The molecule has 1 spiro atoms. The van der Waals surface area contributed by atoms with Crippen molar-refractivity contribution in [2.45, 2.75) is 69.9 Å². The van der Waals surface area contributed by atoms with E-state index in [9.17, 15) is 9.59 Å². The summed E-state index contributed by atoms with van der Waals surface area (Å²) in [7, 11) is 0. The Kier molecular flexibility index (Phi) is 4.71. The van der Waals surface area contributed by atoms with Crippen LogP contribution >= 0.6 is 0 Å². The monoisotopic (exact) mass is 308 g/mol. The third-order valence-corrected chi connectivity index (χ3v) is 5.49. The standard InChI is InChI=1S/C17H28N2O3/c1-2-15(20)19-10-6-3-7-14(19)16(21)18-11-12-22-17(13-18)8-4-5-9-17/h14H,2-13H2,1H3. The van der Waals surface area contributed by atoms with Gasteiger partial charge in [-0.1, -0.05) is 19.8 Å². The minimum Gasteiger partial charge on any atom is -0.371 e. The van der Waals surface area contributed by atoms with Crippen LogP contribution in [0.4, 0.5) is 0 Å². The fourth-order valence-corrected chi connectivity index (χ4v) is 4.26. The van der Waals surface area contributed by atoms with Crippen LogP contribution in [0, 0.1) is 0 Å². The highest BCUT2D eigenvalue weighted by molar-refractivity contribution is 5.88. The van der Waals surface area contributed by atoms with Gasteiger partial charge in [-0.3, -0.25) is 9.59 Å². The highest BCUT2D eigenvalue weighted by Crippen LogP contribution is 2.36. The maximum atomic E-state index is 13.0.